The number of hydrogen-bond donors (Lipinski definition) is 0. The van der Waals surface area contributed by atoms with Gasteiger partial charge in [0.05, 0.1) is 13.2 Å². The minimum absolute atomic E-state index is 0.0131. The van der Waals surface area contributed by atoms with E-state index in [1.54, 1.807) is 14.2 Å². The highest BCUT2D eigenvalue weighted by Gasteiger charge is 2.61. The van der Waals surface area contributed by atoms with Crippen molar-refractivity contribution in [3.05, 3.63) is 28.2 Å². The van der Waals surface area contributed by atoms with E-state index in [-0.39, 0.29) is 12.2 Å². The highest BCUT2D eigenvalue weighted by molar-refractivity contribution is 9.10. The molecular weight excluding hydrogens is 300 g/mol. The lowest BCUT2D eigenvalue weighted by molar-refractivity contribution is -0.0759. The van der Waals surface area contributed by atoms with Crippen LogP contribution in [0.2, 0.25) is 0 Å². The van der Waals surface area contributed by atoms with Gasteiger partial charge in [-0.3, -0.25) is 0 Å². The van der Waals surface area contributed by atoms with Crippen LogP contribution in [0.5, 0.6) is 5.75 Å². The Hall–Kier alpha value is -0.620. The van der Waals surface area contributed by atoms with E-state index >= 15 is 0 Å². The molecule has 0 radical (unpaired) electrons. The van der Waals surface area contributed by atoms with Crippen molar-refractivity contribution >= 4 is 15.9 Å². The van der Waals surface area contributed by atoms with Crippen molar-refractivity contribution in [2.24, 2.45) is 0 Å². The van der Waals surface area contributed by atoms with Crippen LogP contribution in [-0.4, -0.2) is 39.1 Å². The zero-order chi connectivity index (χ0) is 12.8. The van der Waals surface area contributed by atoms with Crippen molar-refractivity contribution in [2.45, 2.75) is 17.8 Å². The summed E-state index contributed by atoms with van der Waals surface area (Å²) >= 11 is 3.47. The van der Waals surface area contributed by atoms with Crippen LogP contribution in [0.25, 0.3) is 0 Å². The van der Waals surface area contributed by atoms with Crippen molar-refractivity contribution in [2.75, 3.05) is 27.4 Å². The lowest BCUT2D eigenvalue weighted by atomic mass is 9.92. The van der Waals surface area contributed by atoms with E-state index in [9.17, 15) is 0 Å². The molecule has 0 aliphatic carbocycles. The van der Waals surface area contributed by atoms with Crippen LogP contribution in [0, 0.1) is 0 Å². The number of fused-ring (bicyclic) bond motifs is 3. The van der Waals surface area contributed by atoms with E-state index in [1.165, 1.54) is 0 Å². The van der Waals surface area contributed by atoms with Crippen molar-refractivity contribution in [1.29, 1.82) is 0 Å². The number of benzene rings is 1. The maximum atomic E-state index is 6.11. The van der Waals surface area contributed by atoms with Gasteiger partial charge in [0, 0.05) is 24.3 Å². The van der Waals surface area contributed by atoms with Gasteiger partial charge in [0.1, 0.15) is 18.0 Å². The first-order valence-corrected chi connectivity index (χ1v) is 6.61. The monoisotopic (exact) mass is 314 g/mol. The molecule has 3 rings (SSSR count). The molecule has 2 aliphatic heterocycles. The average molecular weight is 315 g/mol. The summed E-state index contributed by atoms with van der Waals surface area (Å²) in [6, 6.07) is 5.97. The van der Waals surface area contributed by atoms with Gasteiger partial charge >= 0.3 is 0 Å². The molecule has 2 aliphatic rings. The highest BCUT2D eigenvalue weighted by Crippen LogP contribution is 2.54. The lowest BCUT2D eigenvalue weighted by Gasteiger charge is -2.35. The summed E-state index contributed by atoms with van der Waals surface area (Å²) in [5, 5.41) is 0. The van der Waals surface area contributed by atoms with Crippen molar-refractivity contribution in [3.8, 4) is 5.75 Å². The molecule has 0 aromatic heterocycles. The topological polar surface area (TPSA) is 40.2 Å². The van der Waals surface area contributed by atoms with Gasteiger partial charge in [-0.05, 0) is 18.2 Å². The molecule has 5 heteroatoms. The van der Waals surface area contributed by atoms with Crippen LogP contribution in [0.3, 0.4) is 0 Å². The van der Waals surface area contributed by atoms with E-state index in [2.05, 4.69) is 15.9 Å². The molecule has 1 aromatic carbocycles. The number of epoxide rings is 1. The van der Waals surface area contributed by atoms with Crippen LogP contribution in [0.1, 0.15) is 11.7 Å². The molecule has 0 unspecified atom stereocenters. The molecule has 2 heterocycles. The van der Waals surface area contributed by atoms with Gasteiger partial charge in [0.15, 0.2) is 5.60 Å². The molecule has 0 spiro atoms. The number of rotatable bonds is 4. The zero-order valence-corrected chi connectivity index (χ0v) is 11.9. The normalized spacial score (nSPS) is 27.1. The van der Waals surface area contributed by atoms with E-state index in [1.807, 2.05) is 18.2 Å². The Labute approximate surface area is 114 Å². The molecule has 2 atom stereocenters. The number of methoxy groups -OCH3 is 2. The summed E-state index contributed by atoms with van der Waals surface area (Å²) in [5.41, 5.74) is 0.562. The van der Waals surface area contributed by atoms with E-state index in [0.717, 1.165) is 15.8 Å². The molecule has 4 nitrogen and oxygen atoms in total. The second-order valence-corrected chi connectivity index (χ2v) is 5.61. The van der Waals surface area contributed by atoms with E-state index in [4.69, 9.17) is 18.9 Å². The fourth-order valence-electron chi connectivity index (χ4n) is 2.61. The number of hydrogen-bond acceptors (Lipinski definition) is 4. The summed E-state index contributed by atoms with van der Waals surface area (Å²) in [6.45, 7) is 0.912. The molecule has 0 saturated carbocycles. The van der Waals surface area contributed by atoms with Gasteiger partial charge in [-0.2, -0.15) is 0 Å². The predicted octanol–water partition coefficient (Wildman–Crippen LogP) is 2.31. The van der Waals surface area contributed by atoms with Crippen LogP contribution in [0.15, 0.2) is 22.7 Å². The van der Waals surface area contributed by atoms with Gasteiger partial charge < -0.3 is 18.9 Å². The fraction of sp³-hybridized carbons (Fsp3) is 0.538. The minimum Gasteiger partial charge on any atom is -0.479 e. The molecule has 1 fully saturated rings. The van der Waals surface area contributed by atoms with Crippen molar-refractivity contribution < 1.29 is 18.9 Å². The van der Waals surface area contributed by atoms with Gasteiger partial charge in [-0.1, -0.05) is 15.9 Å². The van der Waals surface area contributed by atoms with Crippen LogP contribution >= 0.6 is 15.9 Å². The summed E-state index contributed by atoms with van der Waals surface area (Å²) in [6.07, 6.45) is 0.107. The fourth-order valence-corrected chi connectivity index (χ4v) is 2.99. The SMILES string of the molecule is COCC1(COC)Oc2ccc(Br)cc2[C@@H]2O[C@@H]21. The Balaban J connectivity index is 1.96. The Bertz CT molecular complexity index is 456. The smallest absolute Gasteiger partial charge is 0.184 e. The average Bonchev–Trinajstić information content (AvgIpc) is 3.12. The molecule has 1 saturated heterocycles. The van der Waals surface area contributed by atoms with Crippen molar-refractivity contribution in [3.63, 3.8) is 0 Å². The first-order chi connectivity index (χ1) is 8.70. The first kappa shape index (κ1) is 12.4. The summed E-state index contributed by atoms with van der Waals surface area (Å²) < 4.78 is 23.5. The van der Waals surface area contributed by atoms with Crippen LogP contribution in [-0.2, 0) is 14.2 Å². The third-order valence-corrected chi connectivity index (χ3v) is 3.87. The maximum Gasteiger partial charge on any atom is 0.184 e. The first-order valence-electron chi connectivity index (χ1n) is 5.82. The third-order valence-electron chi connectivity index (χ3n) is 3.38. The van der Waals surface area contributed by atoms with E-state index in [0.29, 0.717) is 13.2 Å². The molecule has 98 valence electrons. The second kappa shape index (κ2) is 4.49. The Morgan fingerprint density at radius 2 is 2.00 bits per heavy atom. The molecular formula is C13H15BrO4. The van der Waals surface area contributed by atoms with Gasteiger partial charge in [0.2, 0.25) is 0 Å². The standard InChI is InChI=1S/C13H15BrO4/c1-15-6-13(7-16-2)12-11(17-12)9-5-8(14)3-4-10(9)18-13/h3-5,11-12H,6-7H2,1-2H3/t11-,12-/m0/s1. The Morgan fingerprint density at radius 3 is 2.67 bits per heavy atom. The van der Waals surface area contributed by atoms with Crippen LogP contribution in [0.4, 0.5) is 0 Å². The number of ether oxygens (including phenoxy) is 4. The second-order valence-electron chi connectivity index (χ2n) is 4.69. The Morgan fingerprint density at radius 1 is 1.28 bits per heavy atom. The minimum atomic E-state index is -0.533. The lowest BCUT2D eigenvalue weighted by Crippen LogP contribution is -2.52. The van der Waals surface area contributed by atoms with Crippen molar-refractivity contribution in [1.82, 2.24) is 0 Å². The summed E-state index contributed by atoms with van der Waals surface area (Å²) in [4.78, 5) is 0. The summed E-state index contributed by atoms with van der Waals surface area (Å²) in [7, 11) is 3.32. The molecule has 0 bridgehead atoms. The summed E-state index contributed by atoms with van der Waals surface area (Å²) in [5.74, 6) is 0.853. The maximum absolute atomic E-state index is 6.11. The quantitative estimate of drug-likeness (QED) is 0.800. The largest absolute Gasteiger partial charge is 0.479 e. The molecule has 1 aromatic rings. The van der Waals surface area contributed by atoms with Gasteiger partial charge in [0.25, 0.3) is 0 Å². The third kappa shape index (κ3) is 1.86. The predicted molar refractivity (Wildman–Crippen MR) is 68.9 cm³/mol. The molecule has 18 heavy (non-hydrogen) atoms. The molecule has 0 N–H and O–H groups in total. The highest BCUT2D eigenvalue weighted by atomic mass is 79.9. The van der Waals surface area contributed by atoms with E-state index < -0.39 is 5.60 Å². The molecule has 0 amide bonds. The zero-order valence-electron chi connectivity index (χ0n) is 10.3. The van der Waals surface area contributed by atoms with Gasteiger partial charge in [-0.25, -0.2) is 0 Å². The van der Waals surface area contributed by atoms with Crippen LogP contribution < -0.4 is 4.74 Å². The van der Waals surface area contributed by atoms with Gasteiger partial charge in [-0.15, -0.1) is 0 Å². The Kier molecular flexibility index (Phi) is 3.10. The number of halogens is 1.